The lowest BCUT2D eigenvalue weighted by Gasteiger charge is -2.18. The highest BCUT2D eigenvalue weighted by Crippen LogP contribution is 2.35. The van der Waals surface area contributed by atoms with Crippen LogP contribution in [-0.2, 0) is 4.74 Å². The summed E-state index contributed by atoms with van der Waals surface area (Å²) in [6.45, 7) is 2.13. The summed E-state index contributed by atoms with van der Waals surface area (Å²) >= 11 is 0. The van der Waals surface area contributed by atoms with Crippen molar-refractivity contribution < 1.29 is 38.2 Å². The maximum atomic E-state index is 12.5. The molecule has 10 heteroatoms. The zero-order valence-corrected chi connectivity index (χ0v) is 16.3. The van der Waals surface area contributed by atoms with E-state index in [9.17, 15) is 19.7 Å². The Labute approximate surface area is 171 Å². The average molecular weight is 417 g/mol. The normalized spacial score (nSPS) is 12.1. The van der Waals surface area contributed by atoms with Gasteiger partial charge < -0.3 is 23.7 Å². The van der Waals surface area contributed by atoms with E-state index in [0.29, 0.717) is 24.7 Å². The lowest BCUT2D eigenvalue weighted by atomic mass is 10.1. The minimum Gasteiger partial charge on any atom is -0.493 e. The molecule has 0 saturated heterocycles. The molecule has 0 spiro atoms. The number of carbonyl (C=O) groups is 2. The van der Waals surface area contributed by atoms with Crippen molar-refractivity contribution in [1.82, 2.24) is 0 Å². The Morgan fingerprint density at radius 1 is 1.10 bits per heavy atom. The van der Waals surface area contributed by atoms with Crippen LogP contribution in [0, 0.1) is 10.1 Å². The van der Waals surface area contributed by atoms with Crippen molar-refractivity contribution >= 4 is 17.4 Å². The molecule has 0 aromatic heterocycles. The topological polar surface area (TPSA) is 123 Å². The highest BCUT2D eigenvalue weighted by Gasteiger charge is 2.26. The van der Waals surface area contributed by atoms with Gasteiger partial charge in [-0.15, -0.1) is 0 Å². The lowest BCUT2D eigenvalue weighted by molar-refractivity contribution is -0.385. The van der Waals surface area contributed by atoms with Crippen LogP contribution in [0.3, 0.4) is 0 Å². The van der Waals surface area contributed by atoms with E-state index in [1.54, 1.807) is 13.0 Å². The fourth-order valence-electron chi connectivity index (χ4n) is 2.80. The van der Waals surface area contributed by atoms with E-state index in [-0.39, 0.29) is 29.2 Å². The summed E-state index contributed by atoms with van der Waals surface area (Å²) in [4.78, 5) is 35.5. The third-order valence-corrected chi connectivity index (χ3v) is 4.20. The number of Topliss-reactive ketones (excluding diaryl/α,β-unsaturated/α-hetero) is 1. The molecule has 0 atom stereocenters. The fourth-order valence-corrected chi connectivity index (χ4v) is 2.80. The van der Waals surface area contributed by atoms with Crippen LogP contribution in [0.1, 0.15) is 27.6 Å². The van der Waals surface area contributed by atoms with Gasteiger partial charge in [0.25, 0.3) is 5.69 Å². The van der Waals surface area contributed by atoms with Gasteiger partial charge in [0.2, 0.25) is 0 Å². The zero-order chi connectivity index (χ0) is 21.7. The van der Waals surface area contributed by atoms with E-state index < -0.39 is 29.0 Å². The molecule has 1 heterocycles. The summed E-state index contributed by atoms with van der Waals surface area (Å²) in [6, 6.07) is 6.84. The number of ketones is 1. The second-order valence-corrected chi connectivity index (χ2v) is 6.07. The Kier molecular flexibility index (Phi) is 6.35. The first kappa shape index (κ1) is 20.9. The first-order valence-corrected chi connectivity index (χ1v) is 9.03. The third kappa shape index (κ3) is 4.43. The first-order chi connectivity index (χ1) is 14.4. The average Bonchev–Trinajstić information content (AvgIpc) is 2.76. The fraction of sp³-hybridized carbons (Fsp3) is 0.300. The van der Waals surface area contributed by atoms with E-state index in [4.69, 9.17) is 23.7 Å². The number of rotatable bonds is 8. The maximum absolute atomic E-state index is 12.5. The number of ether oxygens (including phenoxy) is 5. The van der Waals surface area contributed by atoms with Crippen LogP contribution in [-0.4, -0.2) is 50.2 Å². The highest BCUT2D eigenvalue weighted by molar-refractivity contribution is 6.01. The number of fused-ring (bicyclic) bond motifs is 1. The molecule has 158 valence electrons. The van der Waals surface area contributed by atoms with Crippen LogP contribution in [0.5, 0.6) is 23.0 Å². The quantitative estimate of drug-likeness (QED) is 0.276. The van der Waals surface area contributed by atoms with Gasteiger partial charge in [-0.3, -0.25) is 14.9 Å². The minimum atomic E-state index is -1.03. The number of nitro groups is 1. The SMILES string of the molecule is CCOc1cc([N+](=O)[O-])c(C(=O)OCC(=O)c2ccc3c(c2)OCCO3)cc1OC. The first-order valence-electron chi connectivity index (χ1n) is 9.03. The van der Waals surface area contributed by atoms with Gasteiger partial charge in [-0.1, -0.05) is 0 Å². The second kappa shape index (κ2) is 9.12. The van der Waals surface area contributed by atoms with Gasteiger partial charge in [-0.2, -0.15) is 0 Å². The molecule has 0 saturated carbocycles. The Morgan fingerprint density at radius 2 is 1.83 bits per heavy atom. The van der Waals surface area contributed by atoms with Gasteiger partial charge in [-0.25, -0.2) is 4.79 Å². The number of benzene rings is 2. The Morgan fingerprint density at radius 3 is 2.50 bits per heavy atom. The number of carbonyl (C=O) groups excluding carboxylic acids is 2. The largest absolute Gasteiger partial charge is 0.493 e. The molecule has 30 heavy (non-hydrogen) atoms. The Bertz CT molecular complexity index is 986. The molecule has 2 aromatic carbocycles. The number of hydrogen-bond acceptors (Lipinski definition) is 9. The molecule has 1 aliphatic rings. The van der Waals surface area contributed by atoms with Crippen molar-refractivity contribution in [3.63, 3.8) is 0 Å². The van der Waals surface area contributed by atoms with Gasteiger partial charge in [0.05, 0.1) is 24.7 Å². The van der Waals surface area contributed by atoms with Gasteiger partial charge in [0, 0.05) is 11.6 Å². The Hall–Kier alpha value is -3.82. The highest BCUT2D eigenvalue weighted by atomic mass is 16.6. The molecule has 3 rings (SSSR count). The minimum absolute atomic E-state index is 0.121. The van der Waals surface area contributed by atoms with Crippen LogP contribution >= 0.6 is 0 Å². The number of nitro benzene ring substituents is 1. The monoisotopic (exact) mass is 417 g/mol. The predicted molar refractivity (Wildman–Crippen MR) is 103 cm³/mol. The van der Waals surface area contributed by atoms with Crippen LogP contribution < -0.4 is 18.9 Å². The number of methoxy groups -OCH3 is 1. The third-order valence-electron chi connectivity index (χ3n) is 4.20. The Balaban J connectivity index is 1.77. The van der Waals surface area contributed by atoms with E-state index in [0.717, 1.165) is 12.1 Å². The van der Waals surface area contributed by atoms with Crippen molar-refractivity contribution in [3.05, 3.63) is 51.6 Å². The van der Waals surface area contributed by atoms with E-state index >= 15 is 0 Å². The zero-order valence-electron chi connectivity index (χ0n) is 16.3. The molecule has 0 unspecified atom stereocenters. The molecular weight excluding hydrogens is 398 g/mol. The van der Waals surface area contributed by atoms with E-state index in [1.807, 2.05) is 0 Å². The number of nitrogens with zero attached hydrogens (tertiary/aromatic N) is 1. The van der Waals surface area contributed by atoms with Crippen molar-refractivity contribution in [3.8, 4) is 23.0 Å². The summed E-state index contributed by atoms with van der Waals surface area (Å²) in [5.41, 5.74) is -0.614. The van der Waals surface area contributed by atoms with Crippen molar-refractivity contribution in [2.24, 2.45) is 0 Å². The summed E-state index contributed by atoms with van der Waals surface area (Å²) in [5, 5.41) is 11.4. The smallest absolute Gasteiger partial charge is 0.345 e. The maximum Gasteiger partial charge on any atom is 0.345 e. The van der Waals surface area contributed by atoms with Crippen LogP contribution in [0.15, 0.2) is 30.3 Å². The molecule has 0 bridgehead atoms. The molecule has 10 nitrogen and oxygen atoms in total. The molecule has 0 amide bonds. The number of esters is 1. The van der Waals surface area contributed by atoms with Gasteiger partial charge in [-0.05, 0) is 25.1 Å². The summed E-state index contributed by atoms with van der Waals surface area (Å²) < 4.78 is 26.3. The van der Waals surface area contributed by atoms with Crippen LogP contribution in [0.2, 0.25) is 0 Å². The van der Waals surface area contributed by atoms with Gasteiger partial charge in [0.1, 0.15) is 18.8 Å². The predicted octanol–water partition coefficient (Wildman–Crippen LogP) is 2.81. The lowest BCUT2D eigenvalue weighted by Crippen LogP contribution is -2.18. The molecule has 0 aliphatic carbocycles. The second-order valence-electron chi connectivity index (χ2n) is 6.07. The standard InChI is InChI=1S/C20H19NO9/c1-3-27-19-10-14(21(24)25)13(9-17(19)26-2)20(23)30-11-15(22)12-4-5-16-18(8-12)29-7-6-28-16/h4-5,8-10H,3,6-7,11H2,1-2H3. The van der Waals surface area contributed by atoms with E-state index in [2.05, 4.69) is 0 Å². The molecule has 1 aliphatic heterocycles. The molecule has 0 fully saturated rings. The molecule has 0 N–H and O–H groups in total. The van der Waals surface area contributed by atoms with Gasteiger partial charge >= 0.3 is 5.97 Å². The summed E-state index contributed by atoms with van der Waals surface area (Å²) in [5.74, 6) is -0.338. The summed E-state index contributed by atoms with van der Waals surface area (Å²) in [7, 11) is 1.34. The van der Waals surface area contributed by atoms with Crippen molar-refractivity contribution in [2.45, 2.75) is 6.92 Å². The van der Waals surface area contributed by atoms with Gasteiger partial charge in [0.15, 0.2) is 35.4 Å². The van der Waals surface area contributed by atoms with Crippen LogP contribution in [0.25, 0.3) is 0 Å². The molecular formula is C20H19NO9. The molecule has 0 radical (unpaired) electrons. The molecule has 2 aromatic rings. The van der Waals surface area contributed by atoms with Crippen molar-refractivity contribution in [2.75, 3.05) is 33.5 Å². The van der Waals surface area contributed by atoms with Crippen LogP contribution in [0.4, 0.5) is 5.69 Å². The summed E-state index contributed by atoms with van der Waals surface area (Å²) in [6.07, 6.45) is 0. The number of hydrogen-bond donors (Lipinski definition) is 0. The van der Waals surface area contributed by atoms with E-state index in [1.165, 1.54) is 19.2 Å². The van der Waals surface area contributed by atoms with Crippen molar-refractivity contribution in [1.29, 1.82) is 0 Å².